The van der Waals surface area contributed by atoms with Crippen molar-refractivity contribution < 1.29 is 28.5 Å². The predicted octanol–water partition coefficient (Wildman–Crippen LogP) is 2.77. The Labute approximate surface area is 176 Å². The number of carbonyl (C=O) groups excluding carboxylic acids is 2. The van der Waals surface area contributed by atoms with Gasteiger partial charge in [-0.2, -0.15) is 0 Å². The molecule has 0 saturated carbocycles. The smallest absolute Gasteiger partial charge is 0.338 e. The molecule has 30 heavy (non-hydrogen) atoms. The van der Waals surface area contributed by atoms with Gasteiger partial charge < -0.3 is 24.3 Å². The monoisotopic (exact) mass is 413 g/mol. The molecule has 7 nitrogen and oxygen atoms in total. The van der Waals surface area contributed by atoms with E-state index in [2.05, 4.69) is 5.32 Å². The lowest BCUT2D eigenvalue weighted by Gasteiger charge is -2.12. The molecule has 0 spiro atoms. The van der Waals surface area contributed by atoms with Crippen LogP contribution in [0.5, 0.6) is 11.5 Å². The number of para-hydroxylation sites is 1. The van der Waals surface area contributed by atoms with Crippen molar-refractivity contribution in [1.29, 1.82) is 0 Å². The van der Waals surface area contributed by atoms with Crippen LogP contribution in [-0.4, -0.2) is 51.5 Å². The molecule has 1 aliphatic heterocycles. The average molecular weight is 413 g/mol. The van der Waals surface area contributed by atoms with Crippen LogP contribution in [-0.2, 0) is 20.7 Å². The Morgan fingerprint density at radius 2 is 1.93 bits per heavy atom. The fourth-order valence-electron chi connectivity index (χ4n) is 3.16. The largest absolute Gasteiger partial charge is 0.496 e. The quantitative estimate of drug-likeness (QED) is 0.603. The molecule has 1 atom stereocenters. The first-order valence-corrected chi connectivity index (χ1v) is 10.1. The van der Waals surface area contributed by atoms with Crippen molar-refractivity contribution in [2.24, 2.45) is 0 Å². The van der Waals surface area contributed by atoms with Gasteiger partial charge in [0.15, 0.2) is 6.61 Å². The van der Waals surface area contributed by atoms with Crippen molar-refractivity contribution in [3.8, 4) is 11.5 Å². The van der Waals surface area contributed by atoms with Crippen molar-refractivity contribution in [2.75, 3.05) is 33.5 Å². The molecule has 0 radical (unpaired) electrons. The van der Waals surface area contributed by atoms with E-state index in [4.69, 9.17) is 18.9 Å². The lowest BCUT2D eigenvalue weighted by atomic mass is 10.1. The van der Waals surface area contributed by atoms with Crippen LogP contribution in [0.15, 0.2) is 48.5 Å². The van der Waals surface area contributed by atoms with E-state index in [0.717, 1.165) is 30.8 Å². The van der Waals surface area contributed by atoms with E-state index in [0.29, 0.717) is 30.9 Å². The second-order valence-corrected chi connectivity index (χ2v) is 6.96. The van der Waals surface area contributed by atoms with Gasteiger partial charge in [0.2, 0.25) is 0 Å². The summed E-state index contributed by atoms with van der Waals surface area (Å²) in [6.07, 6.45) is 2.83. The van der Waals surface area contributed by atoms with Crippen LogP contribution in [0.3, 0.4) is 0 Å². The molecule has 1 aliphatic rings. The van der Waals surface area contributed by atoms with Crippen molar-refractivity contribution in [3.05, 3.63) is 59.7 Å². The lowest BCUT2D eigenvalue weighted by Crippen LogP contribution is -2.30. The Morgan fingerprint density at radius 1 is 1.13 bits per heavy atom. The second-order valence-electron chi connectivity index (χ2n) is 6.96. The fourth-order valence-corrected chi connectivity index (χ4v) is 3.16. The van der Waals surface area contributed by atoms with Gasteiger partial charge in [-0.25, -0.2) is 4.79 Å². The normalized spacial score (nSPS) is 15.4. The van der Waals surface area contributed by atoms with Crippen LogP contribution in [0.4, 0.5) is 0 Å². The van der Waals surface area contributed by atoms with Crippen LogP contribution < -0.4 is 14.8 Å². The Bertz CT molecular complexity index is 830. The molecule has 0 aromatic heterocycles. The summed E-state index contributed by atoms with van der Waals surface area (Å²) in [5.74, 6) is 0.535. The van der Waals surface area contributed by atoms with E-state index in [1.807, 2.05) is 24.3 Å². The van der Waals surface area contributed by atoms with E-state index in [1.165, 1.54) is 0 Å². The van der Waals surface area contributed by atoms with E-state index in [1.54, 1.807) is 31.4 Å². The zero-order valence-corrected chi connectivity index (χ0v) is 17.1. The molecule has 1 amide bonds. The Kier molecular flexibility index (Phi) is 8.09. The van der Waals surface area contributed by atoms with Crippen LogP contribution >= 0.6 is 0 Å². The number of hydrogen-bond donors (Lipinski definition) is 1. The number of rotatable bonds is 10. The molecule has 1 saturated heterocycles. The van der Waals surface area contributed by atoms with Gasteiger partial charge in [-0.1, -0.05) is 18.2 Å². The maximum absolute atomic E-state index is 12.1. The SMILES string of the molecule is COc1ccccc1CCNC(=O)COC(=O)c1ccc(OC[C@H]2CCCO2)cc1. The highest BCUT2D eigenvalue weighted by Gasteiger charge is 2.16. The second kappa shape index (κ2) is 11.2. The first-order valence-electron chi connectivity index (χ1n) is 10.1. The topological polar surface area (TPSA) is 83.1 Å². The summed E-state index contributed by atoms with van der Waals surface area (Å²) < 4.78 is 21.5. The minimum absolute atomic E-state index is 0.135. The van der Waals surface area contributed by atoms with Crippen LogP contribution in [0.2, 0.25) is 0 Å². The molecule has 1 N–H and O–H groups in total. The van der Waals surface area contributed by atoms with Crippen LogP contribution in [0.1, 0.15) is 28.8 Å². The Balaban J connectivity index is 1.36. The molecular weight excluding hydrogens is 386 g/mol. The van der Waals surface area contributed by atoms with Crippen molar-refractivity contribution in [1.82, 2.24) is 5.32 Å². The number of benzene rings is 2. The number of nitrogens with one attached hydrogen (secondary N) is 1. The molecule has 160 valence electrons. The number of amides is 1. The maximum Gasteiger partial charge on any atom is 0.338 e. The van der Waals surface area contributed by atoms with Crippen LogP contribution in [0.25, 0.3) is 0 Å². The molecular formula is C23H27NO6. The van der Waals surface area contributed by atoms with Crippen molar-refractivity contribution in [2.45, 2.75) is 25.4 Å². The summed E-state index contributed by atoms with van der Waals surface area (Å²) >= 11 is 0. The molecule has 2 aromatic rings. The molecule has 1 fully saturated rings. The number of esters is 1. The van der Waals surface area contributed by atoms with Gasteiger partial charge in [-0.3, -0.25) is 4.79 Å². The summed E-state index contributed by atoms with van der Waals surface area (Å²) in [4.78, 5) is 24.1. The highest BCUT2D eigenvalue weighted by Crippen LogP contribution is 2.18. The number of carbonyl (C=O) groups is 2. The Morgan fingerprint density at radius 3 is 2.67 bits per heavy atom. The van der Waals surface area contributed by atoms with E-state index >= 15 is 0 Å². The van der Waals surface area contributed by atoms with Gasteiger partial charge in [-0.05, 0) is 55.2 Å². The molecule has 2 aromatic carbocycles. The fraction of sp³-hybridized carbons (Fsp3) is 0.391. The predicted molar refractivity (Wildman–Crippen MR) is 111 cm³/mol. The third kappa shape index (κ3) is 6.49. The molecule has 1 heterocycles. The maximum atomic E-state index is 12.1. The van der Waals surface area contributed by atoms with Crippen LogP contribution in [0, 0.1) is 0 Å². The third-order valence-corrected chi connectivity index (χ3v) is 4.79. The summed E-state index contributed by atoms with van der Waals surface area (Å²) in [5, 5.41) is 2.74. The molecule has 0 unspecified atom stereocenters. The number of ether oxygens (including phenoxy) is 4. The zero-order valence-electron chi connectivity index (χ0n) is 17.1. The first-order chi connectivity index (χ1) is 14.7. The zero-order chi connectivity index (χ0) is 21.2. The van der Waals surface area contributed by atoms with Gasteiger partial charge in [0.1, 0.15) is 18.1 Å². The standard InChI is InChI=1S/C23H27NO6/c1-27-21-7-3-2-5-17(21)12-13-24-22(25)16-30-23(26)18-8-10-19(11-9-18)29-15-20-6-4-14-28-20/h2-3,5,7-11,20H,4,6,12-16H2,1H3,(H,24,25)/t20-/m1/s1. The number of methoxy groups -OCH3 is 1. The average Bonchev–Trinajstić information content (AvgIpc) is 3.30. The third-order valence-electron chi connectivity index (χ3n) is 4.79. The van der Waals surface area contributed by atoms with Gasteiger partial charge >= 0.3 is 5.97 Å². The molecule has 3 rings (SSSR count). The van der Waals surface area contributed by atoms with E-state index in [-0.39, 0.29) is 18.6 Å². The molecule has 7 heteroatoms. The summed E-state index contributed by atoms with van der Waals surface area (Å²) in [5.41, 5.74) is 1.36. The van der Waals surface area contributed by atoms with Gasteiger partial charge in [0.25, 0.3) is 5.91 Å². The van der Waals surface area contributed by atoms with E-state index in [9.17, 15) is 9.59 Å². The lowest BCUT2D eigenvalue weighted by molar-refractivity contribution is -0.124. The van der Waals surface area contributed by atoms with E-state index < -0.39 is 5.97 Å². The van der Waals surface area contributed by atoms with Crippen molar-refractivity contribution >= 4 is 11.9 Å². The van der Waals surface area contributed by atoms with Gasteiger partial charge in [0, 0.05) is 13.2 Å². The Hall–Kier alpha value is -3.06. The summed E-state index contributed by atoms with van der Waals surface area (Å²) in [7, 11) is 1.61. The van der Waals surface area contributed by atoms with Gasteiger partial charge in [-0.15, -0.1) is 0 Å². The highest BCUT2D eigenvalue weighted by molar-refractivity contribution is 5.91. The van der Waals surface area contributed by atoms with Crippen molar-refractivity contribution in [3.63, 3.8) is 0 Å². The minimum Gasteiger partial charge on any atom is -0.496 e. The number of hydrogen-bond acceptors (Lipinski definition) is 6. The summed E-state index contributed by atoms with van der Waals surface area (Å²) in [6.45, 7) is 1.38. The molecule has 0 aliphatic carbocycles. The minimum atomic E-state index is -0.555. The molecule has 0 bridgehead atoms. The van der Waals surface area contributed by atoms with Gasteiger partial charge in [0.05, 0.1) is 18.8 Å². The summed E-state index contributed by atoms with van der Waals surface area (Å²) in [6, 6.07) is 14.3. The highest BCUT2D eigenvalue weighted by atomic mass is 16.5. The first kappa shape index (κ1) is 21.6.